The number of Topliss-reactive ketones (excluding diaryl/α,β-unsaturated/α-hetero) is 1. The largest absolute Gasteiger partial charge is 0.338 e. The molecule has 0 amide bonds. The highest BCUT2D eigenvalue weighted by atomic mass is 16.5. The first-order chi connectivity index (χ1) is 8.16. The molecule has 0 aromatic carbocycles. The second kappa shape index (κ2) is 5.29. The van der Waals surface area contributed by atoms with E-state index in [0.29, 0.717) is 11.8 Å². The van der Waals surface area contributed by atoms with Crippen molar-refractivity contribution in [3.05, 3.63) is 5.89 Å². The Kier molecular flexibility index (Phi) is 3.76. The Hall–Kier alpha value is -1.39. The third kappa shape index (κ3) is 3.05. The molecular weight excluding hydrogens is 218 g/mol. The zero-order chi connectivity index (χ0) is 12.3. The summed E-state index contributed by atoms with van der Waals surface area (Å²) in [4.78, 5) is 18.0. The van der Waals surface area contributed by atoms with Crippen molar-refractivity contribution >= 4 is 11.7 Å². The third-order valence-electron chi connectivity index (χ3n) is 3.07. The molecule has 0 bridgehead atoms. The third-order valence-corrected chi connectivity index (χ3v) is 3.07. The molecule has 2 heterocycles. The van der Waals surface area contributed by atoms with Gasteiger partial charge in [0, 0.05) is 19.0 Å². The van der Waals surface area contributed by atoms with Gasteiger partial charge in [-0.05, 0) is 24.4 Å². The quantitative estimate of drug-likeness (QED) is 0.799. The lowest BCUT2D eigenvalue weighted by Gasteiger charge is -2.24. The molecule has 0 radical (unpaired) electrons. The molecule has 0 atom stereocenters. The van der Waals surface area contributed by atoms with Gasteiger partial charge in [-0.1, -0.05) is 13.8 Å². The number of carbonyl (C=O) groups excluding carboxylic acids is 1. The smallest absolute Gasteiger partial charge is 0.266 e. The van der Waals surface area contributed by atoms with Crippen LogP contribution in [0.5, 0.6) is 0 Å². The summed E-state index contributed by atoms with van der Waals surface area (Å²) in [7, 11) is 0. The lowest BCUT2D eigenvalue weighted by atomic mass is 10.1. The SMILES string of the molecule is CC(C)C(=O)Cc1nc(N2CCCCC2)no1. The van der Waals surface area contributed by atoms with Gasteiger partial charge in [0.25, 0.3) is 5.95 Å². The van der Waals surface area contributed by atoms with Crippen LogP contribution in [0.25, 0.3) is 0 Å². The van der Waals surface area contributed by atoms with Crippen LogP contribution in [-0.2, 0) is 11.2 Å². The summed E-state index contributed by atoms with van der Waals surface area (Å²) in [5.41, 5.74) is 0. The van der Waals surface area contributed by atoms with Gasteiger partial charge < -0.3 is 9.42 Å². The van der Waals surface area contributed by atoms with E-state index in [-0.39, 0.29) is 18.1 Å². The number of hydrogen-bond donors (Lipinski definition) is 0. The topological polar surface area (TPSA) is 59.2 Å². The van der Waals surface area contributed by atoms with Crippen molar-refractivity contribution in [3.8, 4) is 0 Å². The molecule has 2 rings (SSSR count). The molecule has 0 spiro atoms. The van der Waals surface area contributed by atoms with Crippen LogP contribution in [0.2, 0.25) is 0 Å². The number of anilines is 1. The van der Waals surface area contributed by atoms with E-state index >= 15 is 0 Å². The highest BCUT2D eigenvalue weighted by Gasteiger charge is 2.18. The molecule has 1 saturated heterocycles. The van der Waals surface area contributed by atoms with Crippen LogP contribution in [0.3, 0.4) is 0 Å². The molecule has 1 aliphatic rings. The van der Waals surface area contributed by atoms with Gasteiger partial charge in [-0.3, -0.25) is 4.79 Å². The molecule has 5 heteroatoms. The van der Waals surface area contributed by atoms with Gasteiger partial charge in [0.15, 0.2) is 0 Å². The second-order valence-electron chi connectivity index (χ2n) is 4.83. The summed E-state index contributed by atoms with van der Waals surface area (Å²) in [6, 6.07) is 0. The first-order valence-electron chi connectivity index (χ1n) is 6.27. The Balaban J connectivity index is 1.97. The molecule has 0 N–H and O–H groups in total. The van der Waals surface area contributed by atoms with Gasteiger partial charge >= 0.3 is 0 Å². The van der Waals surface area contributed by atoms with Gasteiger partial charge in [0.2, 0.25) is 5.89 Å². The number of rotatable bonds is 4. The van der Waals surface area contributed by atoms with Crippen LogP contribution in [-0.4, -0.2) is 29.0 Å². The molecule has 5 nitrogen and oxygen atoms in total. The molecule has 17 heavy (non-hydrogen) atoms. The van der Waals surface area contributed by atoms with Gasteiger partial charge in [-0.25, -0.2) is 0 Å². The first-order valence-corrected chi connectivity index (χ1v) is 6.27. The standard InChI is InChI=1S/C12H19N3O2/c1-9(2)10(16)8-11-13-12(14-17-11)15-6-4-3-5-7-15/h9H,3-8H2,1-2H3. The van der Waals surface area contributed by atoms with E-state index in [2.05, 4.69) is 15.0 Å². The zero-order valence-electron chi connectivity index (χ0n) is 10.5. The van der Waals surface area contributed by atoms with Crippen LogP contribution in [0.1, 0.15) is 39.0 Å². The minimum atomic E-state index is 0.0142. The lowest BCUT2D eigenvalue weighted by Crippen LogP contribution is -2.30. The molecule has 1 fully saturated rings. The van der Waals surface area contributed by atoms with Crippen molar-refractivity contribution in [2.45, 2.75) is 39.5 Å². The maximum atomic E-state index is 11.6. The van der Waals surface area contributed by atoms with Crippen LogP contribution in [0, 0.1) is 5.92 Å². The maximum Gasteiger partial charge on any atom is 0.266 e. The van der Waals surface area contributed by atoms with Crippen LogP contribution < -0.4 is 4.90 Å². The van der Waals surface area contributed by atoms with Crippen LogP contribution in [0.15, 0.2) is 4.52 Å². The molecule has 1 aliphatic heterocycles. The monoisotopic (exact) mass is 237 g/mol. The normalized spacial score (nSPS) is 16.5. The number of aromatic nitrogens is 2. The van der Waals surface area contributed by atoms with E-state index in [9.17, 15) is 4.79 Å². The highest BCUT2D eigenvalue weighted by Crippen LogP contribution is 2.16. The lowest BCUT2D eigenvalue weighted by molar-refractivity contribution is -0.121. The first kappa shape index (κ1) is 12.1. The van der Waals surface area contributed by atoms with Gasteiger partial charge in [0.1, 0.15) is 5.78 Å². The number of piperidine rings is 1. The van der Waals surface area contributed by atoms with Gasteiger partial charge in [0.05, 0.1) is 6.42 Å². The van der Waals surface area contributed by atoms with E-state index in [0.717, 1.165) is 13.1 Å². The predicted molar refractivity (Wildman–Crippen MR) is 63.9 cm³/mol. The van der Waals surface area contributed by atoms with Gasteiger partial charge in [-0.15, -0.1) is 0 Å². The van der Waals surface area contributed by atoms with Crippen molar-refractivity contribution in [2.24, 2.45) is 5.92 Å². The van der Waals surface area contributed by atoms with Crippen LogP contribution >= 0.6 is 0 Å². The highest BCUT2D eigenvalue weighted by molar-refractivity contribution is 5.81. The van der Waals surface area contributed by atoms with E-state index in [1.807, 2.05) is 13.8 Å². The van der Waals surface area contributed by atoms with E-state index in [4.69, 9.17) is 4.52 Å². The van der Waals surface area contributed by atoms with Crippen molar-refractivity contribution in [3.63, 3.8) is 0 Å². The Morgan fingerprint density at radius 3 is 2.71 bits per heavy atom. The van der Waals surface area contributed by atoms with Crippen molar-refractivity contribution in [1.29, 1.82) is 0 Å². The number of nitrogens with zero attached hydrogens (tertiary/aromatic N) is 3. The van der Waals surface area contributed by atoms with E-state index in [1.165, 1.54) is 19.3 Å². The summed E-state index contributed by atoms with van der Waals surface area (Å²) in [5.74, 6) is 1.22. The molecule has 1 aromatic heterocycles. The molecule has 0 aliphatic carbocycles. The molecule has 94 valence electrons. The van der Waals surface area contributed by atoms with E-state index < -0.39 is 0 Å². The maximum absolute atomic E-state index is 11.6. The Labute approximate surface area is 101 Å². The fourth-order valence-corrected chi connectivity index (χ4v) is 1.89. The minimum Gasteiger partial charge on any atom is -0.338 e. The molecular formula is C12H19N3O2. The summed E-state index contributed by atoms with van der Waals surface area (Å²) >= 11 is 0. The predicted octanol–water partition coefficient (Wildman–Crippen LogP) is 1.83. The second-order valence-corrected chi connectivity index (χ2v) is 4.83. The number of carbonyl (C=O) groups is 1. The Bertz CT molecular complexity index is 381. The molecule has 0 saturated carbocycles. The summed E-state index contributed by atoms with van der Waals surface area (Å²) < 4.78 is 5.12. The summed E-state index contributed by atoms with van der Waals surface area (Å²) in [6.45, 7) is 5.72. The average Bonchev–Trinajstić information content (AvgIpc) is 2.78. The Morgan fingerprint density at radius 2 is 2.06 bits per heavy atom. The minimum absolute atomic E-state index is 0.0142. The summed E-state index contributed by atoms with van der Waals surface area (Å²) in [5, 5.41) is 3.94. The van der Waals surface area contributed by atoms with Crippen LogP contribution in [0.4, 0.5) is 5.95 Å². The number of ketones is 1. The Morgan fingerprint density at radius 1 is 1.35 bits per heavy atom. The van der Waals surface area contributed by atoms with Gasteiger partial charge in [-0.2, -0.15) is 4.98 Å². The molecule has 0 unspecified atom stereocenters. The summed E-state index contributed by atoms with van der Waals surface area (Å²) in [6.07, 6.45) is 3.87. The van der Waals surface area contributed by atoms with Crippen molar-refractivity contribution in [1.82, 2.24) is 10.1 Å². The average molecular weight is 237 g/mol. The fourth-order valence-electron chi connectivity index (χ4n) is 1.89. The van der Waals surface area contributed by atoms with E-state index in [1.54, 1.807) is 0 Å². The van der Waals surface area contributed by atoms with Crippen molar-refractivity contribution < 1.29 is 9.32 Å². The van der Waals surface area contributed by atoms with Crippen molar-refractivity contribution in [2.75, 3.05) is 18.0 Å². The number of hydrogen-bond acceptors (Lipinski definition) is 5. The zero-order valence-corrected chi connectivity index (χ0v) is 10.5. The fraction of sp³-hybridized carbons (Fsp3) is 0.750. The molecule has 1 aromatic rings.